The van der Waals surface area contributed by atoms with Crippen molar-refractivity contribution in [1.82, 2.24) is 10.6 Å². The first-order valence-corrected chi connectivity index (χ1v) is 9.86. The Morgan fingerprint density at radius 2 is 1.48 bits per heavy atom. The molecule has 1 aromatic rings. The lowest BCUT2D eigenvalue weighted by atomic mass is 9.54. The summed E-state index contributed by atoms with van der Waals surface area (Å²) in [6.07, 6.45) is 10.1. The van der Waals surface area contributed by atoms with Crippen LogP contribution in [-0.4, -0.2) is 25.7 Å². The molecule has 0 atom stereocenters. The Morgan fingerprint density at radius 1 is 0.783 bits per heavy atom. The Bertz CT molecular complexity index is 456. The highest BCUT2D eigenvalue weighted by Gasteiger charge is 2.47. The maximum absolute atomic E-state index is 3.91. The molecular formula is C21H32N2. The Morgan fingerprint density at radius 3 is 2.17 bits per heavy atom. The largest absolute Gasteiger partial charge is 0.315 e. The van der Waals surface area contributed by atoms with Crippen molar-refractivity contribution in [2.75, 3.05) is 19.6 Å². The van der Waals surface area contributed by atoms with Crippen molar-refractivity contribution < 1.29 is 0 Å². The van der Waals surface area contributed by atoms with Gasteiger partial charge in [0.05, 0.1) is 0 Å². The van der Waals surface area contributed by atoms with Gasteiger partial charge in [0, 0.05) is 19.1 Å². The first kappa shape index (κ1) is 15.7. The van der Waals surface area contributed by atoms with Crippen molar-refractivity contribution in [3.63, 3.8) is 0 Å². The van der Waals surface area contributed by atoms with Gasteiger partial charge in [-0.05, 0) is 80.7 Å². The van der Waals surface area contributed by atoms with Gasteiger partial charge in [0.1, 0.15) is 0 Å². The van der Waals surface area contributed by atoms with Crippen molar-refractivity contribution >= 4 is 0 Å². The van der Waals surface area contributed by atoms with E-state index in [0.29, 0.717) is 0 Å². The monoisotopic (exact) mass is 312 g/mol. The molecule has 2 heteroatoms. The third kappa shape index (κ3) is 3.80. The lowest BCUT2D eigenvalue weighted by Gasteiger charge is -2.54. The normalized spacial score (nSPS) is 34.9. The van der Waals surface area contributed by atoms with Crippen LogP contribution in [0.3, 0.4) is 0 Å². The molecule has 4 fully saturated rings. The van der Waals surface area contributed by atoms with E-state index < -0.39 is 0 Å². The number of aryl methyl sites for hydroxylation is 1. The minimum Gasteiger partial charge on any atom is -0.315 e. The van der Waals surface area contributed by atoms with E-state index in [9.17, 15) is 0 Å². The zero-order chi connectivity index (χ0) is 15.5. The van der Waals surface area contributed by atoms with E-state index in [1.165, 1.54) is 44.1 Å². The summed E-state index contributed by atoms with van der Waals surface area (Å²) in [4.78, 5) is 0. The van der Waals surface area contributed by atoms with Crippen LogP contribution in [-0.2, 0) is 6.42 Å². The summed E-state index contributed by atoms with van der Waals surface area (Å²) in [6.45, 7) is 3.41. The summed E-state index contributed by atoms with van der Waals surface area (Å²) >= 11 is 0. The van der Waals surface area contributed by atoms with Crippen LogP contribution in [0.1, 0.15) is 44.1 Å². The molecule has 0 aromatic heterocycles. The zero-order valence-electron chi connectivity index (χ0n) is 14.3. The minimum atomic E-state index is 0.842. The van der Waals surface area contributed by atoms with E-state index >= 15 is 0 Å². The fourth-order valence-corrected chi connectivity index (χ4v) is 5.77. The lowest BCUT2D eigenvalue weighted by molar-refractivity contribution is -0.0133. The Kier molecular flexibility index (Phi) is 5.01. The molecular weight excluding hydrogens is 280 g/mol. The molecule has 0 unspecified atom stereocenters. The first-order chi connectivity index (χ1) is 11.4. The highest BCUT2D eigenvalue weighted by atomic mass is 15.0. The van der Waals surface area contributed by atoms with E-state index in [1.54, 1.807) is 6.42 Å². The van der Waals surface area contributed by atoms with E-state index in [2.05, 4.69) is 41.0 Å². The molecule has 4 aliphatic rings. The van der Waals surface area contributed by atoms with Crippen LogP contribution in [0.15, 0.2) is 30.3 Å². The molecule has 4 aliphatic carbocycles. The van der Waals surface area contributed by atoms with Crippen molar-refractivity contribution in [2.24, 2.45) is 23.7 Å². The molecule has 0 aliphatic heterocycles. The quantitative estimate of drug-likeness (QED) is 0.716. The van der Waals surface area contributed by atoms with Crippen molar-refractivity contribution in [3.05, 3.63) is 35.9 Å². The van der Waals surface area contributed by atoms with E-state index in [0.717, 1.165) is 49.3 Å². The second-order valence-corrected chi connectivity index (χ2v) is 8.25. The Balaban J connectivity index is 1.09. The predicted molar refractivity (Wildman–Crippen MR) is 96.5 cm³/mol. The highest BCUT2D eigenvalue weighted by molar-refractivity contribution is 5.14. The van der Waals surface area contributed by atoms with Gasteiger partial charge in [-0.3, -0.25) is 0 Å². The van der Waals surface area contributed by atoms with Gasteiger partial charge < -0.3 is 10.6 Å². The number of benzene rings is 1. The molecule has 0 spiro atoms. The topological polar surface area (TPSA) is 24.1 Å². The van der Waals surface area contributed by atoms with Crippen molar-refractivity contribution in [1.29, 1.82) is 0 Å². The zero-order valence-corrected chi connectivity index (χ0v) is 14.3. The molecule has 5 rings (SSSR count). The SMILES string of the molecule is c1ccc(CCCNCCNC2C3CC4CC(C3)CC2C4)cc1. The molecule has 2 N–H and O–H groups in total. The number of hydrogen-bond donors (Lipinski definition) is 2. The standard InChI is InChI=1S/C21H32N2/c1-2-5-16(6-3-1)7-4-8-22-9-10-23-21-19-12-17-11-18(14-19)15-20(21)13-17/h1-3,5-6,17-23H,4,7-15H2. The third-order valence-electron chi connectivity index (χ3n) is 6.57. The smallest absolute Gasteiger partial charge is 0.0124 e. The van der Waals surface area contributed by atoms with Crippen LogP contribution < -0.4 is 10.6 Å². The molecule has 0 saturated heterocycles. The van der Waals surface area contributed by atoms with Gasteiger partial charge >= 0.3 is 0 Å². The first-order valence-electron chi connectivity index (χ1n) is 9.86. The Hall–Kier alpha value is -0.860. The summed E-state index contributed by atoms with van der Waals surface area (Å²) in [5, 5.41) is 7.53. The minimum absolute atomic E-state index is 0.842. The predicted octanol–water partition coefficient (Wildman–Crippen LogP) is 3.62. The van der Waals surface area contributed by atoms with Crippen LogP contribution in [0.4, 0.5) is 0 Å². The molecule has 4 bridgehead atoms. The van der Waals surface area contributed by atoms with E-state index in [-0.39, 0.29) is 0 Å². The third-order valence-corrected chi connectivity index (χ3v) is 6.57. The highest BCUT2D eigenvalue weighted by Crippen LogP contribution is 2.53. The van der Waals surface area contributed by atoms with Crippen LogP contribution in [0.5, 0.6) is 0 Å². The van der Waals surface area contributed by atoms with Gasteiger partial charge in [-0.2, -0.15) is 0 Å². The maximum Gasteiger partial charge on any atom is 0.0124 e. The maximum atomic E-state index is 3.91. The van der Waals surface area contributed by atoms with Gasteiger partial charge in [0.25, 0.3) is 0 Å². The fraction of sp³-hybridized carbons (Fsp3) is 0.714. The molecule has 0 radical (unpaired) electrons. The molecule has 23 heavy (non-hydrogen) atoms. The average molecular weight is 313 g/mol. The van der Waals surface area contributed by atoms with Crippen LogP contribution >= 0.6 is 0 Å². The molecule has 0 amide bonds. The number of hydrogen-bond acceptors (Lipinski definition) is 2. The van der Waals surface area contributed by atoms with Crippen LogP contribution in [0.2, 0.25) is 0 Å². The summed E-state index contributed by atoms with van der Waals surface area (Å²) in [5.41, 5.74) is 1.46. The molecule has 0 heterocycles. The van der Waals surface area contributed by atoms with Crippen LogP contribution in [0.25, 0.3) is 0 Å². The number of nitrogens with one attached hydrogen (secondary N) is 2. The van der Waals surface area contributed by atoms with Crippen LogP contribution in [0, 0.1) is 23.7 Å². The lowest BCUT2D eigenvalue weighted by Crippen LogP contribution is -2.55. The number of rotatable bonds is 8. The fourth-order valence-electron chi connectivity index (χ4n) is 5.77. The summed E-state index contributed by atoms with van der Waals surface area (Å²) < 4.78 is 0. The molecule has 2 nitrogen and oxygen atoms in total. The van der Waals surface area contributed by atoms with Gasteiger partial charge in [0.15, 0.2) is 0 Å². The van der Waals surface area contributed by atoms with Gasteiger partial charge in [-0.25, -0.2) is 0 Å². The van der Waals surface area contributed by atoms with Gasteiger partial charge in [0.2, 0.25) is 0 Å². The van der Waals surface area contributed by atoms with E-state index in [4.69, 9.17) is 0 Å². The van der Waals surface area contributed by atoms with Crippen molar-refractivity contribution in [3.8, 4) is 0 Å². The summed E-state index contributed by atoms with van der Waals surface area (Å²) in [5.74, 6) is 4.19. The second kappa shape index (κ2) is 7.36. The van der Waals surface area contributed by atoms with Gasteiger partial charge in [-0.15, -0.1) is 0 Å². The average Bonchev–Trinajstić information content (AvgIpc) is 2.56. The summed E-state index contributed by atoms with van der Waals surface area (Å²) in [7, 11) is 0. The van der Waals surface area contributed by atoms with E-state index in [1.807, 2.05) is 0 Å². The van der Waals surface area contributed by atoms with Gasteiger partial charge in [-0.1, -0.05) is 30.3 Å². The Labute approximate surface area is 141 Å². The molecule has 1 aromatic carbocycles. The molecule has 4 saturated carbocycles. The molecule has 126 valence electrons. The second-order valence-electron chi connectivity index (χ2n) is 8.25. The van der Waals surface area contributed by atoms with Crippen molar-refractivity contribution in [2.45, 2.75) is 51.0 Å². The summed E-state index contributed by atoms with van der Waals surface area (Å²) in [6, 6.07) is 11.7.